The van der Waals surface area contributed by atoms with Gasteiger partial charge in [-0.05, 0) is 29.8 Å². The number of amides is 1. The van der Waals surface area contributed by atoms with Gasteiger partial charge < -0.3 is 5.32 Å². The van der Waals surface area contributed by atoms with E-state index in [0.29, 0.717) is 0 Å². The van der Waals surface area contributed by atoms with E-state index in [2.05, 4.69) is 10.3 Å². The monoisotopic (exact) mass is 224 g/mol. The number of hydrogen-bond acceptors (Lipinski definition) is 2. The average molecular weight is 224 g/mol. The summed E-state index contributed by atoms with van der Waals surface area (Å²) in [4.78, 5) is 15.5. The molecule has 0 aliphatic carbocycles. The molecule has 0 saturated carbocycles. The van der Waals surface area contributed by atoms with Crippen molar-refractivity contribution >= 4 is 17.7 Å². The van der Waals surface area contributed by atoms with Gasteiger partial charge in [-0.2, -0.15) is 0 Å². The number of anilines is 1. The number of benzene rings is 1. The summed E-state index contributed by atoms with van der Waals surface area (Å²) in [5.74, 6) is -0.153. The molecule has 1 N–H and O–H groups in total. The molecule has 3 heteroatoms. The van der Waals surface area contributed by atoms with Crippen LogP contribution in [-0.4, -0.2) is 10.9 Å². The van der Waals surface area contributed by atoms with Crippen molar-refractivity contribution in [1.29, 1.82) is 0 Å². The first-order valence-electron chi connectivity index (χ1n) is 5.29. The first-order valence-corrected chi connectivity index (χ1v) is 5.29. The molecule has 1 aromatic heterocycles. The molecule has 0 radical (unpaired) electrons. The lowest BCUT2D eigenvalue weighted by atomic mass is 10.2. The second-order valence-corrected chi connectivity index (χ2v) is 3.47. The molecule has 0 spiro atoms. The number of pyridine rings is 1. The van der Waals surface area contributed by atoms with Crippen molar-refractivity contribution in [3.8, 4) is 0 Å². The zero-order valence-corrected chi connectivity index (χ0v) is 9.21. The molecule has 3 nitrogen and oxygen atoms in total. The lowest BCUT2D eigenvalue weighted by Crippen LogP contribution is -2.07. The molecule has 0 saturated heterocycles. The minimum atomic E-state index is -0.153. The molecule has 84 valence electrons. The Morgan fingerprint density at radius 1 is 1.12 bits per heavy atom. The quantitative estimate of drug-likeness (QED) is 0.814. The number of nitrogens with one attached hydrogen (secondary N) is 1. The maximum atomic E-state index is 11.6. The average Bonchev–Trinajstić information content (AvgIpc) is 2.39. The summed E-state index contributed by atoms with van der Waals surface area (Å²) >= 11 is 0. The number of carbonyl (C=O) groups excluding carboxylic acids is 1. The second-order valence-electron chi connectivity index (χ2n) is 3.47. The lowest BCUT2D eigenvalue weighted by molar-refractivity contribution is -0.111. The van der Waals surface area contributed by atoms with Crippen molar-refractivity contribution in [1.82, 2.24) is 4.98 Å². The fourth-order valence-corrected chi connectivity index (χ4v) is 1.35. The van der Waals surface area contributed by atoms with Gasteiger partial charge in [-0.3, -0.25) is 9.78 Å². The summed E-state index contributed by atoms with van der Waals surface area (Å²) in [6.07, 6.45) is 6.61. The normalized spacial score (nSPS) is 10.4. The van der Waals surface area contributed by atoms with Gasteiger partial charge in [-0.25, -0.2) is 0 Å². The molecule has 2 rings (SSSR count). The minimum absolute atomic E-state index is 0.153. The van der Waals surface area contributed by atoms with Crippen molar-refractivity contribution in [3.63, 3.8) is 0 Å². The number of carbonyl (C=O) groups is 1. The van der Waals surface area contributed by atoms with Crippen LogP contribution in [-0.2, 0) is 4.79 Å². The van der Waals surface area contributed by atoms with Gasteiger partial charge in [0.2, 0.25) is 5.91 Å². The Morgan fingerprint density at radius 3 is 2.65 bits per heavy atom. The summed E-state index contributed by atoms with van der Waals surface area (Å²) < 4.78 is 0. The third-order valence-electron chi connectivity index (χ3n) is 2.15. The van der Waals surface area contributed by atoms with Crippen LogP contribution in [0.15, 0.2) is 60.9 Å². The van der Waals surface area contributed by atoms with Gasteiger partial charge in [-0.1, -0.05) is 24.3 Å². The fourth-order valence-electron chi connectivity index (χ4n) is 1.35. The Kier molecular flexibility index (Phi) is 3.65. The van der Waals surface area contributed by atoms with Crippen LogP contribution in [0.4, 0.5) is 5.69 Å². The predicted molar refractivity (Wildman–Crippen MR) is 68.3 cm³/mol. The van der Waals surface area contributed by atoms with Crippen molar-refractivity contribution in [3.05, 3.63) is 66.5 Å². The van der Waals surface area contributed by atoms with E-state index >= 15 is 0 Å². The molecular formula is C14H12N2O. The van der Waals surface area contributed by atoms with Gasteiger partial charge in [0, 0.05) is 24.2 Å². The molecule has 2 aromatic rings. The van der Waals surface area contributed by atoms with E-state index < -0.39 is 0 Å². The van der Waals surface area contributed by atoms with E-state index in [0.717, 1.165) is 11.3 Å². The Morgan fingerprint density at radius 2 is 1.94 bits per heavy atom. The Bertz CT molecular complexity index is 506. The molecule has 1 heterocycles. The van der Waals surface area contributed by atoms with Gasteiger partial charge in [0.05, 0.1) is 0 Å². The van der Waals surface area contributed by atoms with Gasteiger partial charge >= 0.3 is 0 Å². The first-order chi connectivity index (χ1) is 8.34. The summed E-state index contributed by atoms with van der Waals surface area (Å²) in [5.41, 5.74) is 1.68. The smallest absolute Gasteiger partial charge is 0.248 e. The molecule has 0 bridgehead atoms. The third kappa shape index (κ3) is 3.57. The van der Waals surface area contributed by atoms with Crippen LogP contribution < -0.4 is 5.32 Å². The summed E-state index contributed by atoms with van der Waals surface area (Å²) in [5, 5.41) is 2.77. The highest BCUT2D eigenvalue weighted by molar-refractivity contribution is 6.01. The minimum Gasteiger partial charge on any atom is -0.323 e. The predicted octanol–water partition coefficient (Wildman–Crippen LogP) is 2.73. The van der Waals surface area contributed by atoms with E-state index in [1.807, 2.05) is 42.5 Å². The van der Waals surface area contributed by atoms with Crippen LogP contribution in [0.25, 0.3) is 6.08 Å². The van der Waals surface area contributed by atoms with E-state index in [4.69, 9.17) is 0 Å². The van der Waals surface area contributed by atoms with Crippen molar-refractivity contribution in [2.24, 2.45) is 0 Å². The molecule has 17 heavy (non-hydrogen) atoms. The first kappa shape index (κ1) is 11.1. The van der Waals surface area contributed by atoms with Crippen LogP contribution in [0.5, 0.6) is 0 Å². The highest BCUT2D eigenvalue weighted by Gasteiger charge is 1.95. The maximum Gasteiger partial charge on any atom is 0.248 e. The highest BCUT2D eigenvalue weighted by Crippen LogP contribution is 2.05. The topological polar surface area (TPSA) is 42.0 Å². The van der Waals surface area contributed by atoms with Crippen LogP contribution in [0.2, 0.25) is 0 Å². The molecule has 1 aromatic carbocycles. The summed E-state index contributed by atoms with van der Waals surface area (Å²) in [6, 6.07) is 13.1. The number of hydrogen-bond donors (Lipinski definition) is 1. The van der Waals surface area contributed by atoms with Crippen LogP contribution in [0.1, 0.15) is 5.56 Å². The molecule has 0 aliphatic rings. The molecule has 0 unspecified atom stereocenters. The van der Waals surface area contributed by atoms with E-state index in [-0.39, 0.29) is 5.91 Å². The van der Waals surface area contributed by atoms with Gasteiger partial charge in [-0.15, -0.1) is 0 Å². The third-order valence-corrected chi connectivity index (χ3v) is 2.15. The van der Waals surface area contributed by atoms with E-state index in [9.17, 15) is 4.79 Å². The zero-order chi connectivity index (χ0) is 11.9. The van der Waals surface area contributed by atoms with Crippen LogP contribution in [0.3, 0.4) is 0 Å². The SMILES string of the molecule is O=C(C=Cc1cccnc1)Nc1ccccc1. The van der Waals surface area contributed by atoms with E-state index in [1.165, 1.54) is 6.08 Å². The van der Waals surface area contributed by atoms with Crippen molar-refractivity contribution in [2.45, 2.75) is 0 Å². The summed E-state index contributed by atoms with van der Waals surface area (Å²) in [6.45, 7) is 0. The lowest BCUT2D eigenvalue weighted by Gasteiger charge is -2.00. The van der Waals surface area contributed by atoms with E-state index in [1.54, 1.807) is 18.5 Å². The van der Waals surface area contributed by atoms with Crippen LogP contribution in [0, 0.1) is 0 Å². The second kappa shape index (κ2) is 5.61. The number of aromatic nitrogens is 1. The van der Waals surface area contributed by atoms with Gasteiger partial charge in [0.1, 0.15) is 0 Å². The number of para-hydroxylation sites is 1. The highest BCUT2D eigenvalue weighted by atomic mass is 16.1. The van der Waals surface area contributed by atoms with Crippen molar-refractivity contribution < 1.29 is 4.79 Å². The van der Waals surface area contributed by atoms with Gasteiger partial charge in [0.25, 0.3) is 0 Å². The van der Waals surface area contributed by atoms with Crippen molar-refractivity contribution in [2.75, 3.05) is 5.32 Å². The maximum absolute atomic E-state index is 11.6. The molecule has 0 fully saturated rings. The zero-order valence-electron chi connectivity index (χ0n) is 9.21. The number of nitrogens with zero attached hydrogens (tertiary/aromatic N) is 1. The Hall–Kier alpha value is -2.42. The summed E-state index contributed by atoms with van der Waals surface area (Å²) in [7, 11) is 0. The Balaban J connectivity index is 1.96. The van der Waals surface area contributed by atoms with Crippen LogP contribution >= 0.6 is 0 Å². The largest absolute Gasteiger partial charge is 0.323 e. The molecular weight excluding hydrogens is 212 g/mol. The molecule has 1 amide bonds. The molecule has 0 atom stereocenters. The fraction of sp³-hybridized carbons (Fsp3) is 0. The standard InChI is InChI=1S/C14H12N2O/c17-14(16-13-6-2-1-3-7-13)9-8-12-5-4-10-15-11-12/h1-11H,(H,16,17). The Labute approximate surface area is 99.8 Å². The number of rotatable bonds is 3. The van der Waals surface area contributed by atoms with Gasteiger partial charge in [0.15, 0.2) is 0 Å². The molecule has 0 aliphatic heterocycles.